The normalized spacial score (nSPS) is 12.1. The van der Waals surface area contributed by atoms with E-state index in [0.717, 1.165) is 33.0 Å². The number of amides is 1. The van der Waals surface area contributed by atoms with Gasteiger partial charge in [-0.25, -0.2) is 9.59 Å². The van der Waals surface area contributed by atoms with Gasteiger partial charge in [0.25, 0.3) is 0 Å². The molecule has 3 N–H and O–H groups in total. The predicted octanol–water partition coefficient (Wildman–Crippen LogP) is 3.64. The van der Waals surface area contributed by atoms with Gasteiger partial charge in [-0.2, -0.15) is 0 Å². The molecule has 0 radical (unpaired) electrons. The average molecular weight is 463 g/mol. The van der Waals surface area contributed by atoms with E-state index in [9.17, 15) is 19.5 Å². The summed E-state index contributed by atoms with van der Waals surface area (Å²) in [6.45, 7) is 3.63. The number of aliphatic carboxylic acids is 1. The van der Waals surface area contributed by atoms with Crippen molar-refractivity contribution < 1.29 is 23.8 Å². The molecule has 8 nitrogen and oxygen atoms in total. The number of hydrogen-bond donors (Lipinski definition) is 3. The van der Waals surface area contributed by atoms with Crippen molar-refractivity contribution in [3.63, 3.8) is 0 Å². The number of nitrogens with one attached hydrogen (secondary N) is 2. The lowest BCUT2D eigenvalue weighted by Crippen LogP contribution is -2.42. The summed E-state index contributed by atoms with van der Waals surface area (Å²) in [5.74, 6) is -0.946. The number of carbonyl (C=O) groups excluding carboxylic acids is 1. The Kier molecular flexibility index (Phi) is 6.40. The Bertz CT molecular complexity index is 1450. The van der Waals surface area contributed by atoms with Crippen LogP contribution in [0.15, 0.2) is 51.8 Å². The second kappa shape index (κ2) is 9.43. The summed E-state index contributed by atoms with van der Waals surface area (Å²) in [5.41, 5.74) is 3.52. The average Bonchev–Trinajstić information content (AvgIpc) is 3.22. The molecule has 4 aromatic rings. The van der Waals surface area contributed by atoms with Crippen molar-refractivity contribution in [3.05, 3.63) is 75.3 Å². The zero-order chi connectivity index (χ0) is 24.4. The highest BCUT2D eigenvalue weighted by molar-refractivity contribution is 5.88. The quantitative estimate of drug-likeness (QED) is 0.344. The molecule has 2 heterocycles. The van der Waals surface area contributed by atoms with Gasteiger partial charge in [-0.15, -0.1) is 0 Å². The topological polar surface area (TPSA) is 122 Å². The molecule has 8 heteroatoms. The van der Waals surface area contributed by atoms with Gasteiger partial charge in [-0.1, -0.05) is 18.2 Å². The number of carbonyl (C=O) groups is 2. The van der Waals surface area contributed by atoms with Crippen LogP contribution in [0, 0.1) is 13.8 Å². The summed E-state index contributed by atoms with van der Waals surface area (Å²) in [5, 5.41) is 13.9. The van der Waals surface area contributed by atoms with E-state index in [0.29, 0.717) is 16.9 Å². The third-order valence-corrected chi connectivity index (χ3v) is 6.21. The van der Waals surface area contributed by atoms with E-state index in [2.05, 4.69) is 10.3 Å². The first kappa shape index (κ1) is 23.1. The smallest absolute Gasteiger partial charge is 0.339 e. The number of ether oxygens (including phenoxy) is 1. The number of hydrogen-bond acceptors (Lipinski definition) is 5. The Morgan fingerprint density at radius 3 is 2.62 bits per heavy atom. The molecule has 0 saturated heterocycles. The summed E-state index contributed by atoms with van der Waals surface area (Å²) in [6, 6.07) is 10.1. The van der Waals surface area contributed by atoms with E-state index in [1.807, 2.05) is 50.2 Å². The SMILES string of the molecule is COc1ccc2c(C)c(CCC(=O)NC(Cc3c[nH]c4ccccc34)C(=O)O)c(=O)oc2c1C. The first-order valence-corrected chi connectivity index (χ1v) is 11.0. The van der Waals surface area contributed by atoms with E-state index < -0.39 is 23.5 Å². The van der Waals surface area contributed by atoms with E-state index in [1.165, 1.54) is 0 Å². The van der Waals surface area contributed by atoms with Crippen molar-refractivity contribution in [2.45, 2.75) is 39.2 Å². The molecule has 0 fully saturated rings. The van der Waals surface area contributed by atoms with Crippen LogP contribution in [0.1, 0.15) is 28.7 Å². The van der Waals surface area contributed by atoms with Crippen LogP contribution < -0.4 is 15.7 Å². The Morgan fingerprint density at radius 1 is 1.12 bits per heavy atom. The van der Waals surface area contributed by atoms with E-state index in [4.69, 9.17) is 9.15 Å². The molecule has 1 amide bonds. The number of benzene rings is 2. The van der Waals surface area contributed by atoms with Gasteiger partial charge in [-0.05, 0) is 49.6 Å². The van der Waals surface area contributed by atoms with Crippen LogP contribution in [0.3, 0.4) is 0 Å². The molecule has 0 aliphatic rings. The number of carboxylic acids is 1. The molecule has 0 saturated carbocycles. The summed E-state index contributed by atoms with van der Waals surface area (Å²) < 4.78 is 10.8. The molecule has 2 aromatic heterocycles. The van der Waals surface area contributed by atoms with Crippen LogP contribution >= 0.6 is 0 Å². The third kappa shape index (κ3) is 4.39. The lowest BCUT2D eigenvalue weighted by atomic mass is 10.00. The second-order valence-electron chi connectivity index (χ2n) is 8.28. The van der Waals surface area contributed by atoms with E-state index in [-0.39, 0.29) is 19.3 Å². The standard InChI is InChI=1S/C26H26N2O6/c1-14-17-8-10-22(33-3)15(2)24(17)34-26(32)18(14)9-11-23(29)28-21(25(30)31)12-16-13-27-20-7-5-4-6-19(16)20/h4-8,10,13,21,27H,9,11-12H2,1-3H3,(H,28,29)(H,30,31). The fraction of sp³-hybridized carbons (Fsp3) is 0.269. The molecule has 176 valence electrons. The van der Waals surface area contributed by atoms with E-state index >= 15 is 0 Å². The molecule has 1 atom stereocenters. The highest BCUT2D eigenvalue weighted by Gasteiger charge is 2.23. The van der Waals surface area contributed by atoms with Gasteiger partial charge in [0.05, 0.1) is 7.11 Å². The summed E-state index contributed by atoms with van der Waals surface area (Å²) in [6.07, 6.45) is 2.00. The van der Waals surface area contributed by atoms with Crippen molar-refractivity contribution in [2.24, 2.45) is 0 Å². The largest absolute Gasteiger partial charge is 0.496 e. The maximum atomic E-state index is 12.6. The van der Waals surface area contributed by atoms with Gasteiger partial charge < -0.3 is 24.6 Å². The predicted molar refractivity (Wildman–Crippen MR) is 128 cm³/mol. The van der Waals surface area contributed by atoms with Crippen LogP contribution in [-0.2, 0) is 22.4 Å². The molecular formula is C26H26N2O6. The summed E-state index contributed by atoms with van der Waals surface area (Å²) in [7, 11) is 1.55. The number of aromatic amines is 1. The van der Waals surface area contributed by atoms with Crippen LogP contribution in [0.5, 0.6) is 5.75 Å². The van der Waals surface area contributed by atoms with Crippen molar-refractivity contribution in [3.8, 4) is 5.75 Å². The van der Waals surface area contributed by atoms with Crippen LogP contribution in [-0.4, -0.2) is 35.1 Å². The first-order chi connectivity index (χ1) is 16.3. The van der Waals surface area contributed by atoms with Crippen molar-refractivity contribution in [1.82, 2.24) is 10.3 Å². The lowest BCUT2D eigenvalue weighted by molar-refractivity contribution is -0.141. The maximum absolute atomic E-state index is 12.6. The number of fused-ring (bicyclic) bond motifs is 2. The van der Waals surface area contributed by atoms with Crippen LogP contribution in [0.2, 0.25) is 0 Å². The molecule has 1 unspecified atom stereocenters. The molecule has 2 aromatic carbocycles. The Balaban J connectivity index is 1.49. The molecule has 0 spiro atoms. The minimum absolute atomic E-state index is 0.0378. The fourth-order valence-corrected chi connectivity index (χ4v) is 4.31. The number of para-hydroxylation sites is 1. The van der Waals surface area contributed by atoms with E-state index in [1.54, 1.807) is 13.3 Å². The van der Waals surface area contributed by atoms with Gasteiger partial charge >= 0.3 is 11.6 Å². The van der Waals surface area contributed by atoms with Gasteiger partial charge in [0, 0.05) is 46.5 Å². The van der Waals surface area contributed by atoms with Gasteiger partial charge in [0.1, 0.15) is 17.4 Å². The molecule has 0 aliphatic carbocycles. The van der Waals surface area contributed by atoms with Crippen molar-refractivity contribution >= 4 is 33.7 Å². The van der Waals surface area contributed by atoms with Crippen molar-refractivity contribution in [2.75, 3.05) is 7.11 Å². The zero-order valence-corrected chi connectivity index (χ0v) is 19.2. The zero-order valence-electron chi connectivity index (χ0n) is 19.2. The van der Waals surface area contributed by atoms with Gasteiger partial charge in [0.15, 0.2) is 0 Å². The number of H-pyrrole nitrogens is 1. The Morgan fingerprint density at radius 2 is 1.88 bits per heavy atom. The highest BCUT2D eigenvalue weighted by Crippen LogP contribution is 2.29. The second-order valence-corrected chi connectivity index (χ2v) is 8.28. The van der Waals surface area contributed by atoms with Gasteiger partial charge in [0.2, 0.25) is 5.91 Å². The summed E-state index contributed by atoms with van der Waals surface area (Å²) in [4.78, 5) is 40.2. The number of aromatic nitrogens is 1. The highest BCUT2D eigenvalue weighted by atomic mass is 16.5. The molecule has 4 rings (SSSR count). The number of rotatable bonds is 8. The first-order valence-electron chi connectivity index (χ1n) is 11.0. The summed E-state index contributed by atoms with van der Waals surface area (Å²) >= 11 is 0. The van der Waals surface area contributed by atoms with Crippen LogP contribution in [0.4, 0.5) is 0 Å². The van der Waals surface area contributed by atoms with Crippen LogP contribution in [0.25, 0.3) is 21.9 Å². The van der Waals surface area contributed by atoms with Crippen molar-refractivity contribution in [1.29, 1.82) is 0 Å². The van der Waals surface area contributed by atoms with Gasteiger partial charge in [-0.3, -0.25) is 4.79 Å². The maximum Gasteiger partial charge on any atom is 0.339 e. The lowest BCUT2D eigenvalue weighted by Gasteiger charge is -2.15. The minimum atomic E-state index is -1.12. The Hall–Kier alpha value is -4.07. The number of methoxy groups -OCH3 is 1. The molecular weight excluding hydrogens is 436 g/mol. The molecule has 0 aliphatic heterocycles. The molecule has 0 bridgehead atoms. The fourth-order valence-electron chi connectivity index (χ4n) is 4.31. The Labute approximate surface area is 195 Å². The third-order valence-electron chi connectivity index (χ3n) is 6.21. The minimum Gasteiger partial charge on any atom is -0.496 e. The molecule has 34 heavy (non-hydrogen) atoms. The number of carboxylic acid groups (broad SMARTS) is 1. The number of aryl methyl sites for hydroxylation is 2. The monoisotopic (exact) mass is 462 g/mol.